The minimum Gasteiger partial charge on any atom is -0.486 e. The standard InChI is InChI=1S/C18H16ClN3O6/c1-21(10-17(23)20-13-5-3-2-4-12(13)19)18(24)11-8-15-16(28-7-6-27-15)9-14(11)22(25)26/h2-5,8-9H,6-7,10H2,1H3,(H,20,23). The van der Waals surface area contributed by atoms with E-state index < -0.39 is 22.4 Å². The number of para-hydroxylation sites is 1. The molecule has 1 heterocycles. The minimum absolute atomic E-state index is 0.192. The highest BCUT2D eigenvalue weighted by molar-refractivity contribution is 6.33. The molecule has 1 aliphatic heterocycles. The number of carbonyl (C=O) groups is 2. The van der Waals surface area contributed by atoms with Crippen LogP contribution in [0.25, 0.3) is 0 Å². The van der Waals surface area contributed by atoms with E-state index in [1.165, 1.54) is 13.1 Å². The van der Waals surface area contributed by atoms with Gasteiger partial charge < -0.3 is 19.7 Å². The number of anilines is 1. The Bertz CT molecular complexity index is 949. The van der Waals surface area contributed by atoms with Crippen molar-refractivity contribution >= 4 is 34.8 Å². The van der Waals surface area contributed by atoms with Crippen molar-refractivity contribution in [1.82, 2.24) is 4.90 Å². The maximum atomic E-state index is 12.7. The van der Waals surface area contributed by atoms with Crippen molar-refractivity contribution in [2.45, 2.75) is 0 Å². The molecule has 3 rings (SSSR count). The molecule has 0 atom stereocenters. The summed E-state index contributed by atoms with van der Waals surface area (Å²) >= 11 is 5.99. The zero-order valence-corrected chi connectivity index (χ0v) is 15.6. The highest BCUT2D eigenvalue weighted by Gasteiger charge is 2.28. The molecule has 0 spiro atoms. The van der Waals surface area contributed by atoms with E-state index in [-0.39, 0.29) is 36.8 Å². The Labute approximate surface area is 164 Å². The first-order chi connectivity index (χ1) is 13.4. The van der Waals surface area contributed by atoms with Crippen molar-refractivity contribution in [1.29, 1.82) is 0 Å². The Balaban J connectivity index is 1.78. The average molecular weight is 406 g/mol. The Morgan fingerprint density at radius 2 is 1.86 bits per heavy atom. The first-order valence-electron chi connectivity index (χ1n) is 8.24. The zero-order chi connectivity index (χ0) is 20.3. The van der Waals surface area contributed by atoms with Crippen LogP contribution in [0.5, 0.6) is 11.5 Å². The third kappa shape index (κ3) is 4.15. The number of rotatable bonds is 5. The molecule has 146 valence electrons. The van der Waals surface area contributed by atoms with Crippen molar-refractivity contribution < 1.29 is 24.0 Å². The van der Waals surface area contributed by atoms with Crippen LogP contribution in [0.15, 0.2) is 36.4 Å². The summed E-state index contributed by atoms with van der Waals surface area (Å²) in [5.74, 6) is -0.745. The molecule has 1 aliphatic rings. The smallest absolute Gasteiger partial charge is 0.286 e. The van der Waals surface area contributed by atoms with Crippen molar-refractivity contribution in [2.24, 2.45) is 0 Å². The normalized spacial score (nSPS) is 12.2. The molecule has 2 aromatic rings. The molecule has 0 radical (unpaired) electrons. The van der Waals surface area contributed by atoms with E-state index in [0.717, 1.165) is 11.0 Å². The summed E-state index contributed by atoms with van der Waals surface area (Å²) in [6.45, 7) is 0.212. The molecule has 0 fully saturated rings. The van der Waals surface area contributed by atoms with Crippen LogP contribution in [0.4, 0.5) is 11.4 Å². The van der Waals surface area contributed by atoms with Crippen LogP contribution in [0.3, 0.4) is 0 Å². The number of amides is 2. The summed E-state index contributed by atoms with van der Waals surface area (Å²) in [6, 6.07) is 9.07. The summed E-state index contributed by atoms with van der Waals surface area (Å²) in [4.78, 5) is 36.7. The van der Waals surface area contributed by atoms with E-state index in [4.69, 9.17) is 21.1 Å². The molecule has 1 N–H and O–H groups in total. The summed E-state index contributed by atoms with van der Waals surface area (Å²) in [5, 5.41) is 14.3. The molecule has 0 unspecified atom stereocenters. The number of hydrogen-bond donors (Lipinski definition) is 1. The SMILES string of the molecule is CN(CC(=O)Nc1ccccc1Cl)C(=O)c1cc2c(cc1[N+](=O)[O-])OCCO2. The molecule has 28 heavy (non-hydrogen) atoms. The second kappa shape index (κ2) is 8.13. The molecule has 10 heteroatoms. The number of benzene rings is 2. The number of likely N-dealkylation sites (N-methyl/N-ethyl adjacent to an activating group) is 1. The topological polar surface area (TPSA) is 111 Å². The number of nitro benzene ring substituents is 1. The molecule has 0 bridgehead atoms. The van der Waals surface area contributed by atoms with Crippen LogP contribution in [0.2, 0.25) is 5.02 Å². The predicted molar refractivity (Wildman–Crippen MR) is 101 cm³/mol. The molecule has 2 amide bonds. The molecule has 0 aliphatic carbocycles. The van der Waals surface area contributed by atoms with Gasteiger partial charge >= 0.3 is 0 Å². The zero-order valence-electron chi connectivity index (χ0n) is 14.8. The summed E-state index contributed by atoms with van der Waals surface area (Å²) in [7, 11) is 1.37. The largest absolute Gasteiger partial charge is 0.486 e. The van der Waals surface area contributed by atoms with Crippen LogP contribution < -0.4 is 14.8 Å². The molecule has 9 nitrogen and oxygen atoms in total. The van der Waals surface area contributed by atoms with Gasteiger partial charge in [0.05, 0.1) is 28.2 Å². The van der Waals surface area contributed by atoms with Gasteiger partial charge in [-0.1, -0.05) is 23.7 Å². The number of carbonyl (C=O) groups excluding carboxylic acids is 2. The second-order valence-electron chi connectivity index (χ2n) is 5.96. The lowest BCUT2D eigenvalue weighted by Crippen LogP contribution is -2.35. The van der Waals surface area contributed by atoms with E-state index in [1.54, 1.807) is 24.3 Å². The second-order valence-corrected chi connectivity index (χ2v) is 6.37. The summed E-state index contributed by atoms with van der Waals surface area (Å²) in [5.41, 5.74) is -0.213. The highest BCUT2D eigenvalue weighted by Crippen LogP contribution is 2.37. The van der Waals surface area contributed by atoms with E-state index in [1.807, 2.05) is 0 Å². The van der Waals surface area contributed by atoms with E-state index in [2.05, 4.69) is 5.32 Å². The van der Waals surface area contributed by atoms with Gasteiger partial charge in [0.1, 0.15) is 18.8 Å². The third-order valence-electron chi connectivity index (χ3n) is 3.96. The number of ether oxygens (including phenoxy) is 2. The molecule has 0 aromatic heterocycles. The van der Waals surface area contributed by atoms with Crippen molar-refractivity contribution in [2.75, 3.05) is 32.1 Å². The number of hydrogen-bond acceptors (Lipinski definition) is 6. The maximum Gasteiger partial charge on any atom is 0.286 e. The molecular formula is C18H16ClN3O6. The van der Waals surface area contributed by atoms with Gasteiger partial charge in [0, 0.05) is 13.1 Å². The van der Waals surface area contributed by atoms with Crippen molar-refractivity contribution in [3.8, 4) is 11.5 Å². The van der Waals surface area contributed by atoms with Crippen LogP contribution in [-0.4, -0.2) is 48.4 Å². The quantitative estimate of drug-likeness (QED) is 0.604. The number of nitrogens with zero attached hydrogens (tertiary/aromatic N) is 2. The first kappa shape index (κ1) is 19.4. The third-order valence-corrected chi connectivity index (χ3v) is 4.29. The van der Waals surface area contributed by atoms with Gasteiger partial charge in [0.2, 0.25) is 5.91 Å². The average Bonchev–Trinajstić information content (AvgIpc) is 2.68. The lowest BCUT2D eigenvalue weighted by atomic mass is 10.1. The summed E-state index contributed by atoms with van der Waals surface area (Å²) in [6.07, 6.45) is 0. The van der Waals surface area contributed by atoms with Gasteiger partial charge in [-0.2, -0.15) is 0 Å². The Morgan fingerprint density at radius 3 is 2.50 bits per heavy atom. The molecule has 0 saturated carbocycles. The van der Waals surface area contributed by atoms with Crippen molar-refractivity contribution in [3.63, 3.8) is 0 Å². The number of fused-ring (bicyclic) bond motifs is 1. The monoisotopic (exact) mass is 405 g/mol. The fraction of sp³-hybridized carbons (Fsp3) is 0.222. The lowest BCUT2D eigenvalue weighted by Gasteiger charge is -2.21. The van der Waals surface area contributed by atoms with Gasteiger partial charge in [-0.3, -0.25) is 19.7 Å². The number of nitro groups is 1. The van der Waals surface area contributed by atoms with Gasteiger partial charge in [-0.15, -0.1) is 0 Å². The molecular weight excluding hydrogens is 390 g/mol. The Morgan fingerprint density at radius 1 is 1.21 bits per heavy atom. The van der Waals surface area contributed by atoms with Gasteiger partial charge in [0.15, 0.2) is 11.5 Å². The Kier molecular flexibility index (Phi) is 5.65. The van der Waals surface area contributed by atoms with E-state index >= 15 is 0 Å². The van der Waals surface area contributed by atoms with Gasteiger partial charge in [-0.05, 0) is 12.1 Å². The minimum atomic E-state index is -0.696. The predicted octanol–water partition coefficient (Wildman–Crippen LogP) is 2.73. The molecule has 0 saturated heterocycles. The van der Waals surface area contributed by atoms with Crippen LogP contribution in [-0.2, 0) is 4.79 Å². The maximum absolute atomic E-state index is 12.7. The van der Waals surface area contributed by atoms with Crippen LogP contribution in [0, 0.1) is 10.1 Å². The van der Waals surface area contributed by atoms with E-state index in [0.29, 0.717) is 10.7 Å². The fourth-order valence-electron chi connectivity index (χ4n) is 2.65. The lowest BCUT2D eigenvalue weighted by molar-refractivity contribution is -0.385. The Hall–Kier alpha value is -3.33. The van der Waals surface area contributed by atoms with Crippen molar-refractivity contribution in [3.05, 3.63) is 57.1 Å². The van der Waals surface area contributed by atoms with E-state index in [9.17, 15) is 19.7 Å². The molecule has 2 aromatic carbocycles. The number of nitrogens with one attached hydrogen (secondary N) is 1. The number of halogens is 1. The van der Waals surface area contributed by atoms with Crippen LogP contribution >= 0.6 is 11.6 Å². The highest BCUT2D eigenvalue weighted by atomic mass is 35.5. The van der Waals surface area contributed by atoms with Gasteiger partial charge in [-0.25, -0.2) is 0 Å². The fourth-order valence-corrected chi connectivity index (χ4v) is 2.83. The van der Waals surface area contributed by atoms with Crippen LogP contribution in [0.1, 0.15) is 10.4 Å². The van der Waals surface area contributed by atoms with Gasteiger partial charge in [0.25, 0.3) is 11.6 Å². The first-order valence-corrected chi connectivity index (χ1v) is 8.62. The summed E-state index contributed by atoms with van der Waals surface area (Å²) < 4.78 is 10.7.